The van der Waals surface area contributed by atoms with Crippen molar-refractivity contribution in [2.45, 2.75) is 0 Å². The van der Waals surface area contributed by atoms with Crippen molar-refractivity contribution in [2.24, 2.45) is 0 Å². The van der Waals surface area contributed by atoms with Gasteiger partial charge in [0.15, 0.2) is 0 Å². The first-order valence-corrected chi connectivity index (χ1v) is 1.36. The molecule has 0 heterocycles. The molecule has 0 aliphatic rings. The maximum absolute atomic E-state index is 8.33. The van der Waals surface area contributed by atoms with Crippen LogP contribution in [0.5, 0.6) is 0 Å². The summed E-state index contributed by atoms with van der Waals surface area (Å²) in [5, 5.41) is 0. The second-order valence-corrected chi connectivity index (χ2v) is 0. The summed E-state index contributed by atoms with van der Waals surface area (Å²) in [6.07, 6.45) is 0. The molecule has 0 aromatic heterocycles. The van der Waals surface area contributed by atoms with Crippen LogP contribution < -0.4 is 0 Å². The summed E-state index contributed by atoms with van der Waals surface area (Å²) in [6.45, 7) is 0. The van der Waals surface area contributed by atoms with E-state index in [1.807, 2.05) is 0 Å². The monoisotopic (exact) mass is 311 g/mol. The summed E-state index contributed by atoms with van der Waals surface area (Å²) in [4.78, 5) is 0. The van der Waals surface area contributed by atoms with E-state index in [4.69, 9.17) is 3.40 Å². The molecule has 0 spiro atoms. The van der Waals surface area contributed by atoms with Gasteiger partial charge in [-0.15, -0.1) is 0 Å². The van der Waals surface area contributed by atoms with Gasteiger partial charge in [-0.3, -0.25) is 0 Å². The van der Waals surface area contributed by atoms with Gasteiger partial charge in [-0.25, -0.2) is 0 Å². The van der Waals surface area contributed by atoms with Crippen LogP contribution in [0, 0.1) is 0 Å². The molecule has 0 aliphatic carbocycles. The second kappa shape index (κ2) is 22.1. The van der Waals surface area contributed by atoms with E-state index in [2.05, 4.69) is 0 Å². The van der Waals surface area contributed by atoms with Gasteiger partial charge in [-0.1, -0.05) is 0 Å². The molecule has 0 bridgehead atoms. The zero-order chi connectivity index (χ0) is 2.00. The van der Waals surface area contributed by atoms with Crippen molar-refractivity contribution < 1.29 is 62.0 Å². The summed E-state index contributed by atoms with van der Waals surface area (Å²) in [5.41, 5.74) is 0. The molecule has 1 radical (unpaired) electrons. The van der Waals surface area contributed by atoms with Crippen LogP contribution in [-0.2, 0) is 62.0 Å². The maximum Gasteiger partial charge on any atom is 0 e. The maximum atomic E-state index is 8.33. The first-order chi connectivity index (χ1) is 1.00. The summed E-state index contributed by atoms with van der Waals surface area (Å²) in [6, 6.07) is 0. The molecule has 0 fully saturated rings. The number of hydrogen-bond donors (Lipinski definition) is 0. The summed E-state index contributed by atoms with van der Waals surface area (Å²) < 4.78 is 8.33. The van der Waals surface area contributed by atoms with Crippen molar-refractivity contribution in [3.63, 3.8) is 0 Å². The smallest absolute Gasteiger partial charge is 0 e. The molecular formula is CuOTiW. The Kier molecular flexibility index (Phi) is 95.0. The Morgan fingerprint density at radius 1 is 1.25 bits per heavy atom. The Morgan fingerprint density at radius 2 is 1.25 bits per heavy atom. The van der Waals surface area contributed by atoms with Gasteiger partial charge in [0.05, 0.1) is 0 Å². The molecular weight excluding hydrogens is 311 g/mol. The molecule has 0 N–H and O–H groups in total. The first-order valence-electron chi connectivity index (χ1n) is 0.167. The van der Waals surface area contributed by atoms with Crippen LogP contribution in [-0.4, -0.2) is 0 Å². The zero-order valence-electron chi connectivity index (χ0n) is 1.62. The third kappa shape index (κ3) is 9.30. The predicted molar refractivity (Wildman–Crippen MR) is 0.686 cm³/mol. The van der Waals surface area contributed by atoms with E-state index in [1.54, 1.807) is 0 Å². The van der Waals surface area contributed by atoms with Gasteiger partial charge < -0.3 is 0 Å². The minimum absolute atomic E-state index is 0. The topological polar surface area (TPSA) is 17.1 Å². The molecule has 0 unspecified atom stereocenters. The molecule has 0 saturated heterocycles. The molecule has 0 aromatic rings. The average Bonchev–Trinajstić information content (AvgIpc) is 1.00. The Balaban J connectivity index is -0.00000000500. The van der Waals surface area contributed by atoms with Gasteiger partial charge in [0.2, 0.25) is 0 Å². The van der Waals surface area contributed by atoms with Gasteiger partial charge in [-0.05, 0) is 0 Å². The van der Waals surface area contributed by atoms with Crippen LogP contribution in [0.25, 0.3) is 0 Å². The van der Waals surface area contributed by atoms with Crippen LogP contribution in [0.15, 0.2) is 0 Å². The van der Waals surface area contributed by atoms with E-state index in [0.29, 0.717) is 19.8 Å². The second-order valence-electron chi connectivity index (χ2n) is 0. The van der Waals surface area contributed by atoms with Gasteiger partial charge in [0.25, 0.3) is 0 Å². The third-order valence-electron chi connectivity index (χ3n) is 0. The van der Waals surface area contributed by atoms with E-state index in [1.165, 1.54) is 0 Å². The third-order valence-corrected chi connectivity index (χ3v) is 0. The minimum Gasteiger partial charge on any atom is 0 e. The Labute approximate surface area is 61.5 Å². The number of hydrogen-bond acceptors (Lipinski definition) is 1. The Morgan fingerprint density at radius 3 is 1.25 bits per heavy atom. The summed E-state index contributed by atoms with van der Waals surface area (Å²) in [5.74, 6) is 0. The van der Waals surface area contributed by atoms with E-state index in [9.17, 15) is 0 Å². The molecule has 27 valence electrons. The van der Waals surface area contributed by atoms with Gasteiger partial charge in [0.1, 0.15) is 0 Å². The molecule has 0 aromatic carbocycles. The molecule has 0 amide bonds. The van der Waals surface area contributed by atoms with Gasteiger partial charge in [-0.2, -0.15) is 0 Å². The van der Waals surface area contributed by atoms with Crippen molar-refractivity contribution in [1.82, 2.24) is 0 Å². The fraction of sp³-hybridized carbons (Fsp3) is 0. The van der Waals surface area contributed by atoms with Crippen molar-refractivity contribution >= 4 is 0 Å². The standard InChI is InChI=1S/Cu.O.Ti.W. The van der Waals surface area contributed by atoms with Crippen molar-refractivity contribution in [3.8, 4) is 0 Å². The van der Waals surface area contributed by atoms with Crippen LogP contribution in [0.2, 0.25) is 0 Å². The van der Waals surface area contributed by atoms with E-state index < -0.39 is 0 Å². The molecule has 0 saturated carbocycles. The van der Waals surface area contributed by atoms with Crippen LogP contribution in [0.3, 0.4) is 0 Å². The molecule has 0 atom stereocenters. The molecule has 0 rings (SSSR count). The molecule has 4 heteroatoms. The van der Waals surface area contributed by atoms with Crippen molar-refractivity contribution in [2.75, 3.05) is 0 Å². The van der Waals surface area contributed by atoms with E-state index in [0.717, 1.165) is 0 Å². The molecule has 4 heavy (non-hydrogen) atoms. The van der Waals surface area contributed by atoms with E-state index >= 15 is 0 Å². The summed E-state index contributed by atoms with van der Waals surface area (Å²) >= 11 is 0.333. The van der Waals surface area contributed by atoms with Gasteiger partial charge in [0, 0.05) is 38.8 Å². The van der Waals surface area contributed by atoms with Crippen LogP contribution in [0.1, 0.15) is 0 Å². The fourth-order valence-corrected chi connectivity index (χ4v) is 0. The number of rotatable bonds is 0. The first kappa shape index (κ1) is 17.2. The quantitative estimate of drug-likeness (QED) is 0.570. The van der Waals surface area contributed by atoms with Crippen molar-refractivity contribution in [3.05, 3.63) is 0 Å². The van der Waals surface area contributed by atoms with Crippen LogP contribution >= 0.6 is 0 Å². The summed E-state index contributed by atoms with van der Waals surface area (Å²) in [7, 11) is 0. The predicted octanol–water partition coefficient (Wildman–Crippen LogP) is -0.126. The zero-order valence-corrected chi connectivity index (χ0v) is 7.05. The average molecular weight is 311 g/mol. The SMILES string of the molecule is [Cu].[O]=[W].[Ti]. The normalized spacial score (nSPS) is 1.00. The fourth-order valence-electron chi connectivity index (χ4n) is 0. The molecule has 0 aliphatic heterocycles. The van der Waals surface area contributed by atoms with Crippen molar-refractivity contribution in [1.29, 1.82) is 0 Å². The Bertz CT molecular complexity index is 8.00. The van der Waals surface area contributed by atoms with E-state index in [-0.39, 0.29) is 38.8 Å². The van der Waals surface area contributed by atoms with Crippen LogP contribution in [0.4, 0.5) is 0 Å². The minimum atomic E-state index is 0. The Hall–Kier alpha value is 1.72. The van der Waals surface area contributed by atoms with Gasteiger partial charge >= 0.3 is 23.2 Å². The molecule has 1 nitrogen and oxygen atoms in total. The largest absolute Gasteiger partial charge is 0 e.